The van der Waals surface area contributed by atoms with E-state index in [0.29, 0.717) is 22.9 Å². The lowest BCUT2D eigenvalue weighted by atomic mass is 10.1. The molecule has 2 aromatic carbocycles. The summed E-state index contributed by atoms with van der Waals surface area (Å²) in [6.45, 7) is 4.06. The molecule has 1 amide bonds. The van der Waals surface area contributed by atoms with Gasteiger partial charge in [0.2, 0.25) is 0 Å². The highest BCUT2D eigenvalue weighted by Gasteiger charge is 2.08. The molecule has 3 rings (SSSR count). The normalized spacial score (nSPS) is 10.3. The van der Waals surface area contributed by atoms with Crippen LogP contribution < -0.4 is 15.4 Å². The van der Waals surface area contributed by atoms with Crippen LogP contribution >= 0.6 is 0 Å². The summed E-state index contributed by atoms with van der Waals surface area (Å²) in [6, 6.07) is 16.5. The summed E-state index contributed by atoms with van der Waals surface area (Å²) in [5.41, 5.74) is 3.78. The second kappa shape index (κ2) is 7.65. The Kier molecular flexibility index (Phi) is 5.12. The Labute approximate surface area is 152 Å². The van der Waals surface area contributed by atoms with Gasteiger partial charge in [-0.15, -0.1) is 10.2 Å². The van der Waals surface area contributed by atoms with Gasteiger partial charge in [-0.1, -0.05) is 12.1 Å². The number of carbonyl (C=O) groups is 1. The SMILES string of the molecule is COc1ccc(C(=O)Nc2ccc(Nc3cc(C)ccc3C)nn2)cc1. The number of nitrogens with zero attached hydrogens (tertiary/aromatic N) is 2. The van der Waals surface area contributed by atoms with Crippen molar-refractivity contribution in [2.24, 2.45) is 0 Å². The molecule has 0 atom stereocenters. The molecule has 1 heterocycles. The summed E-state index contributed by atoms with van der Waals surface area (Å²) in [4.78, 5) is 12.2. The maximum atomic E-state index is 12.2. The summed E-state index contributed by atoms with van der Waals surface area (Å²) in [7, 11) is 1.58. The molecule has 2 N–H and O–H groups in total. The lowest BCUT2D eigenvalue weighted by molar-refractivity contribution is 0.102. The lowest BCUT2D eigenvalue weighted by Gasteiger charge is -2.10. The summed E-state index contributed by atoms with van der Waals surface area (Å²) >= 11 is 0. The van der Waals surface area contributed by atoms with Crippen molar-refractivity contribution in [3.8, 4) is 5.75 Å². The number of anilines is 3. The minimum atomic E-state index is -0.253. The first-order valence-electron chi connectivity index (χ1n) is 8.18. The molecule has 0 fully saturated rings. The lowest BCUT2D eigenvalue weighted by Crippen LogP contribution is -2.13. The van der Waals surface area contributed by atoms with E-state index >= 15 is 0 Å². The second-order valence-electron chi connectivity index (χ2n) is 5.93. The van der Waals surface area contributed by atoms with Gasteiger partial charge in [-0.25, -0.2) is 0 Å². The highest BCUT2D eigenvalue weighted by atomic mass is 16.5. The Bertz CT molecular complexity index is 906. The Morgan fingerprint density at radius 1 is 0.923 bits per heavy atom. The third kappa shape index (κ3) is 4.16. The van der Waals surface area contributed by atoms with E-state index in [4.69, 9.17) is 4.74 Å². The molecule has 6 nitrogen and oxygen atoms in total. The van der Waals surface area contributed by atoms with Crippen LogP contribution in [-0.2, 0) is 0 Å². The zero-order chi connectivity index (χ0) is 18.5. The third-order valence-electron chi connectivity index (χ3n) is 3.91. The minimum Gasteiger partial charge on any atom is -0.497 e. The number of aryl methyl sites for hydroxylation is 2. The Hall–Kier alpha value is -3.41. The van der Waals surface area contributed by atoms with Gasteiger partial charge in [0.05, 0.1) is 7.11 Å². The van der Waals surface area contributed by atoms with Crippen molar-refractivity contribution >= 4 is 23.2 Å². The number of benzene rings is 2. The van der Waals surface area contributed by atoms with Gasteiger partial charge in [0.1, 0.15) is 5.75 Å². The fraction of sp³-hybridized carbons (Fsp3) is 0.150. The number of hydrogen-bond donors (Lipinski definition) is 2. The molecule has 0 spiro atoms. The van der Waals surface area contributed by atoms with E-state index in [-0.39, 0.29) is 5.91 Å². The Morgan fingerprint density at radius 2 is 1.62 bits per heavy atom. The summed E-state index contributed by atoms with van der Waals surface area (Å²) in [5, 5.41) is 14.1. The fourth-order valence-corrected chi connectivity index (χ4v) is 2.40. The molecule has 26 heavy (non-hydrogen) atoms. The quantitative estimate of drug-likeness (QED) is 0.726. The molecule has 0 saturated heterocycles. The predicted octanol–water partition coefficient (Wildman–Crippen LogP) is 4.10. The topological polar surface area (TPSA) is 76.1 Å². The molecule has 0 bridgehead atoms. The monoisotopic (exact) mass is 348 g/mol. The zero-order valence-corrected chi connectivity index (χ0v) is 14.9. The van der Waals surface area contributed by atoms with E-state index in [1.54, 1.807) is 43.5 Å². The molecular formula is C20H20N4O2. The molecule has 0 aliphatic rings. The first kappa shape index (κ1) is 17.4. The molecule has 3 aromatic rings. The van der Waals surface area contributed by atoms with Gasteiger partial charge in [-0.3, -0.25) is 4.79 Å². The van der Waals surface area contributed by atoms with Crippen molar-refractivity contribution in [3.05, 3.63) is 71.3 Å². The van der Waals surface area contributed by atoms with Gasteiger partial charge in [-0.05, 0) is 67.4 Å². The van der Waals surface area contributed by atoms with Crippen molar-refractivity contribution in [1.29, 1.82) is 0 Å². The van der Waals surface area contributed by atoms with E-state index in [1.165, 1.54) is 0 Å². The average Bonchev–Trinajstić information content (AvgIpc) is 2.66. The van der Waals surface area contributed by atoms with Crippen molar-refractivity contribution in [3.63, 3.8) is 0 Å². The maximum absolute atomic E-state index is 12.2. The number of nitrogens with one attached hydrogen (secondary N) is 2. The largest absolute Gasteiger partial charge is 0.497 e. The minimum absolute atomic E-state index is 0.253. The Morgan fingerprint density at radius 3 is 2.27 bits per heavy atom. The van der Waals surface area contributed by atoms with Crippen LogP contribution in [0.25, 0.3) is 0 Å². The van der Waals surface area contributed by atoms with Crippen molar-refractivity contribution in [2.75, 3.05) is 17.7 Å². The maximum Gasteiger partial charge on any atom is 0.256 e. The second-order valence-corrected chi connectivity index (χ2v) is 5.93. The molecule has 1 aromatic heterocycles. The van der Waals surface area contributed by atoms with E-state index < -0.39 is 0 Å². The van der Waals surface area contributed by atoms with Gasteiger partial charge in [-0.2, -0.15) is 0 Å². The summed E-state index contributed by atoms with van der Waals surface area (Å²) in [5.74, 6) is 1.44. The smallest absolute Gasteiger partial charge is 0.256 e. The molecule has 0 saturated carbocycles. The van der Waals surface area contributed by atoms with Crippen LogP contribution in [0.15, 0.2) is 54.6 Å². The van der Waals surface area contributed by atoms with Crippen LogP contribution in [0.1, 0.15) is 21.5 Å². The molecule has 132 valence electrons. The fourth-order valence-electron chi connectivity index (χ4n) is 2.40. The van der Waals surface area contributed by atoms with Crippen LogP contribution in [0.3, 0.4) is 0 Å². The van der Waals surface area contributed by atoms with E-state index in [1.807, 2.05) is 13.8 Å². The number of rotatable bonds is 5. The number of hydrogen-bond acceptors (Lipinski definition) is 5. The van der Waals surface area contributed by atoms with Crippen LogP contribution in [-0.4, -0.2) is 23.2 Å². The van der Waals surface area contributed by atoms with Crippen molar-refractivity contribution in [2.45, 2.75) is 13.8 Å². The average molecular weight is 348 g/mol. The first-order valence-corrected chi connectivity index (χ1v) is 8.18. The zero-order valence-electron chi connectivity index (χ0n) is 14.9. The van der Waals surface area contributed by atoms with Crippen LogP contribution in [0.5, 0.6) is 5.75 Å². The number of methoxy groups -OCH3 is 1. The van der Waals surface area contributed by atoms with E-state index in [2.05, 4.69) is 39.0 Å². The molecule has 0 radical (unpaired) electrons. The van der Waals surface area contributed by atoms with Crippen LogP contribution in [0.4, 0.5) is 17.3 Å². The van der Waals surface area contributed by atoms with Gasteiger partial charge in [0.15, 0.2) is 11.6 Å². The van der Waals surface area contributed by atoms with Crippen LogP contribution in [0.2, 0.25) is 0 Å². The van der Waals surface area contributed by atoms with Gasteiger partial charge in [0.25, 0.3) is 5.91 Å². The summed E-state index contributed by atoms with van der Waals surface area (Å²) in [6.07, 6.45) is 0. The number of carbonyl (C=O) groups excluding carboxylic acids is 1. The molecule has 0 unspecified atom stereocenters. The molecule has 6 heteroatoms. The number of amides is 1. The first-order chi connectivity index (χ1) is 12.5. The molecule has 0 aliphatic heterocycles. The highest BCUT2D eigenvalue weighted by Crippen LogP contribution is 2.21. The van der Waals surface area contributed by atoms with E-state index in [0.717, 1.165) is 16.8 Å². The van der Waals surface area contributed by atoms with Gasteiger partial charge >= 0.3 is 0 Å². The highest BCUT2D eigenvalue weighted by molar-refractivity contribution is 6.03. The standard InChI is InChI=1S/C20H20N4O2/c1-13-4-5-14(2)17(12-13)21-18-10-11-19(24-23-18)22-20(25)15-6-8-16(26-3)9-7-15/h4-12H,1-3H3,(H,21,23)(H,22,24,25). The summed E-state index contributed by atoms with van der Waals surface area (Å²) < 4.78 is 5.08. The van der Waals surface area contributed by atoms with E-state index in [9.17, 15) is 4.79 Å². The van der Waals surface area contributed by atoms with Gasteiger partial charge in [0, 0.05) is 11.3 Å². The van der Waals surface area contributed by atoms with Gasteiger partial charge < -0.3 is 15.4 Å². The number of aromatic nitrogens is 2. The molecule has 0 aliphatic carbocycles. The number of ether oxygens (including phenoxy) is 1. The predicted molar refractivity (Wildman–Crippen MR) is 102 cm³/mol. The van der Waals surface area contributed by atoms with Crippen molar-refractivity contribution in [1.82, 2.24) is 10.2 Å². The molecular weight excluding hydrogens is 328 g/mol. The third-order valence-corrected chi connectivity index (χ3v) is 3.91. The van der Waals surface area contributed by atoms with Crippen LogP contribution in [0, 0.1) is 13.8 Å². The Balaban J connectivity index is 1.67. The van der Waals surface area contributed by atoms with Crippen molar-refractivity contribution < 1.29 is 9.53 Å².